The van der Waals surface area contributed by atoms with Gasteiger partial charge in [0, 0.05) is 28.2 Å². The highest BCUT2D eigenvalue weighted by Crippen LogP contribution is 2.34. The van der Waals surface area contributed by atoms with Crippen molar-refractivity contribution in [3.8, 4) is 11.3 Å². The molecule has 28 heavy (non-hydrogen) atoms. The number of amides is 1. The lowest BCUT2D eigenvalue weighted by molar-refractivity contribution is -0.115. The number of benzene rings is 1. The molecule has 1 N–H and O–H groups in total. The van der Waals surface area contributed by atoms with Gasteiger partial charge in [-0.3, -0.25) is 15.1 Å². The first kappa shape index (κ1) is 18.0. The number of hydrogen-bond donors (Lipinski definition) is 1. The highest BCUT2D eigenvalue weighted by molar-refractivity contribution is 8.16. The van der Waals surface area contributed by atoms with Gasteiger partial charge in [0.05, 0.1) is 23.7 Å². The summed E-state index contributed by atoms with van der Waals surface area (Å²) >= 11 is 15.4. The van der Waals surface area contributed by atoms with Crippen LogP contribution in [0.1, 0.15) is 6.42 Å². The predicted octanol–water partition coefficient (Wildman–Crippen LogP) is 4.35. The van der Waals surface area contributed by atoms with Crippen molar-refractivity contribution in [1.29, 1.82) is 0 Å². The average Bonchev–Trinajstić information content (AvgIpc) is 3.40. The molecule has 5 rings (SSSR count). The first-order valence-corrected chi connectivity index (χ1v) is 10.9. The number of hydrogen-bond acceptors (Lipinski definition) is 7. The Hall–Kier alpha value is -2.07. The molecule has 4 heterocycles. The van der Waals surface area contributed by atoms with Gasteiger partial charge >= 0.3 is 0 Å². The van der Waals surface area contributed by atoms with E-state index in [-0.39, 0.29) is 18.3 Å². The Balaban J connectivity index is 1.36. The van der Waals surface area contributed by atoms with Gasteiger partial charge in [-0.2, -0.15) is 4.98 Å². The van der Waals surface area contributed by atoms with E-state index in [0.29, 0.717) is 15.0 Å². The fraction of sp³-hybridized carbons (Fsp3) is 0.176. The summed E-state index contributed by atoms with van der Waals surface area (Å²) in [5.41, 5.74) is 2.48. The van der Waals surface area contributed by atoms with Crippen molar-refractivity contribution in [3.05, 3.63) is 44.7 Å². The van der Waals surface area contributed by atoms with Gasteiger partial charge in [0.1, 0.15) is 0 Å². The number of thioether (sulfide) groups is 1. The lowest BCUT2D eigenvalue weighted by atomic mass is 10.2. The highest BCUT2D eigenvalue weighted by Gasteiger charge is 2.27. The molecule has 0 fully saturated rings. The van der Waals surface area contributed by atoms with Crippen molar-refractivity contribution in [2.45, 2.75) is 6.42 Å². The Morgan fingerprint density at radius 3 is 3.11 bits per heavy atom. The number of nitrogens with zero attached hydrogens (tertiary/aromatic N) is 5. The van der Waals surface area contributed by atoms with E-state index < -0.39 is 0 Å². The van der Waals surface area contributed by atoms with Gasteiger partial charge in [-0.15, -0.1) is 16.4 Å². The topological polar surface area (TPSA) is 74.9 Å². The van der Waals surface area contributed by atoms with E-state index in [4.69, 9.17) is 23.2 Å². The molecule has 0 saturated heterocycles. The molecule has 2 aliphatic heterocycles. The first-order chi connectivity index (χ1) is 13.6. The largest absolute Gasteiger partial charge is 0.322 e. The summed E-state index contributed by atoms with van der Waals surface area (Å²) in [6, 6.07) is 5.26. The molecule has 2 aromatic heterocycles. The predicted molar refractivity (Wildman–Crippen MR) is 114 cm³/mol. The van der Waals surface area contributed by atoms with Crippen molar-refractivity contribution in [1.82, 2.24) is 19.5 Å². The third-order valence-corrected chi connectivity index (χ3v) is 6.66. The van der Waals surface area contributed by atoms with Crippen molar-refractivity contribution in [3.63, 3.8) is 0 Å². The molecule has 7 nitrogen and oxygen atoms in total. The molecular formula is C17H12Cl2N6OS2. The highest BCUT2D eigenvalue weighted by atomic mass is 35.5. The van der Waals surface area contributed by atoms with Gasteiger partial charge in [-0.1, -0.05) is 35.0 Å². The van der Waals surface area contributed by atoms with Crippen LogP contribution in [0.15, 0.2) is 39.7 Å². The molecule has 1 amide bonds. The zero-order chi connectivity index (χ0) is 19.3. The summed E-state index contributed by atoms with van der Waals surface area (Å²) in [4.78, 5) is 24.0. The summed E-state index contributed by atoms with van der Waals surface area (Å²) in [6.45, 7) is 1.60. The second-order valence-corrected chi connectivity index (χ2v) is 8.66. The van der Waals surface area contributed by atoms with Crippen LogP contribution in [-0.2, 0) is 4.79 Å². The van der Waals surface area contributed by atoms with E-state index in [2.05, 4.69) is 25.3 Å². The fourth-order valence-corrected chi connectivity index (χ4v) is 5.22. The normalized spacial score (nSPS) is 15.7. The molecule has 0 bridgehead atoms. The number of aromatic nitrogens is 3. The molecule has 0 radical (unpaired) electrons. The van der Waals surface area contributed by atoms with E-state index in [0.717, 1.165) is 35.2 Å². The van der Waals surface area contributed by atoms with Crippen molar-refractivity contribution < 1.29 is 4.79 Å². The smallest absolute Gasteiger partial charge is 0.250 e. The van der Waals surface area contributed by atoms with E-state index in [1.54, 1.807) is 34.5 Å². The standard InChI is InChI=1S/C17H12Cl2N6OS2/c18-9-1-2-12(19)11(5-9)13-8-28-17-22-15(23-25(13)17)21-14(26)6-10-7-27-16-20-3-4-24(10)16/h1-2,5,7-8H,3-4,6H2,(H,21,23,26). The number of fused-ring (bicyclic) bond motifs is 2. The van der Waals surface area contributed by atoms with Crippen LogP contribution < -0.4 is 5.32 Å². The van der Waals surface area contributed by atoms with Gasteiger partial charge in [0.2, 0.25) is 16.8 Å². The Labute approximate surface area is 178 Å². The molecule has 1 aromatic carbocycles. The number of amidine groups is 1. The molecule has 11 heteroatoms. The fourth-order valence-electron chi connectivity index (χ4n) is 3.06. The third-order valence-electron chi connectivity index (χ3n) is 4.33. The maximum atomic E-state index is 12.5. The maximum absolute atomic E-state index is 12.5. The minimum Gasteiger partial charge on any atom is -0.322 e. The van der Waals surface area contributed by atoms with Crippen LogP contribution >= 0.6 is 46.3 Å². The number of anilines is 1. The maximum Gasteiger partial charge on any atom is 0.250 e. The average molecular weight is 451 g/mol. The Bertz CT molecular complexity index is 1170. The molecule has 0 saturated carbocycles. The van der Waals surface area contributed by atoms with Crippen molar-refractivity contribution in [2.75, 3.05) is 18.4 Å². The molecule has 0 atom stereocenters. The van der Waals surface area contributed by atoms with Gasteiger partial charge in [-0.25, -0.2) is 4.52 Å². The SMILES string of the molecule is O=C(CC1=CSC2=NCCN12)Nc1nc2scc(-c3cc(Cl)ccc3Cl)n2n1. The van der Waals surface area contributed by atoms with Gasteiger partial charge in [0.25, 0.3) is 0 Å². The van der Waals surface area contributed by atoms with Crippen molar-refractivity contribution >= 4 is 68.3 Å². The van der Waals surface area contributed by atoms with Crippen LogP contribution in [0.2, 0.25) is 10.0 Å². The van der Waals surface area contributed by atoms with E-state index >= 15 is 0 Å². The summed E-state index contributed by atoms with van der Waals surface area (Å²) in [7, 11) is 0. The Kier molecular flexibility index (Phi) is 4.54. The van der Waals surface area contributed by atoms with E-state index in [1.807, 2.05) is 10.8 Å². The van der Waals surface area contributed by atoms with E-state index in [1.165, 1.54) is 11.3 Å². The number of halogens is 2. The number of nitrogens with one attached hydrogen (secondary N) is 1. The number of aliphatic imine (C=N–C) groups is 1. The zero-order valence-electron chi connectivity index (χ0n) is 14.2. The van der Waals surface area contributed by atoms with Crippen LogP contribution in [0.25, 0.3) is 16.2 Å². The summed E-state index contributed by atoms with van der Waals surface area (Å²) in [5, 5.41) is 13.2. The Morgan fingerprint density at radius 1 is 1.32 bits per heavy atom. The van der Waals surface area contributed by atoms with Crippen LogP contribution in [0.4, 0.5) is 5.95 Å². The molecule has 0 unspecified atom stereocenters. The number of carbonyl (C=O) groups is 1. The van der Waals surface area contributed by atoms with Crippen LogP contribution in [0.3, 0.4) is 0 Å². The van der Waals surface area contributed by atoms with Gasteiger partial charge < -0.3 is 4.90 Å². The number of carbonyl (C=O) groups excluding carboxylic acids is 1. The molecule has 2 aliphatic rings. The molecule has 3 aromatic rings. The molecule has 0 aliphatic carbocycles. The molecule has 142 valence electrons. The van der Waals surface area contributed by atoms with Crippen molar-refractivity contribution in [2.24, 2.45) is 4.99 Å². The minimum atomic E-state index is -0.166. The Morgan fingerprint density at radius 2 is 2.21 bits per heavy atom. The first-order valence-electron chi connectivity index (χ1n) is 8.36. The number of rotatable bonds is 4. The summed E-state index contributed by atoms with van der Waals surface area (Å²) in [5.74, 6) is 0.0957. The summed E-state index contributed by atoms with van der Waals surface area (Å²) in [6.07, 6.45) is 0.256. The van der Waals surface area contributed by atoms with E-state index in [9.17, 15) is 4.79 Å². The second kappa shape index (κ2) is 7.07. The quantitative estimate of drug-likeness (QED) is 0.639. The lowest BCUT2D eigenvalue weighted by Gasteiger charge is -2.15. The second-order valence-electron chi connectivity index (χ2n) is 6.14. The zero-order valence-corrected chi connectivity index (χ0v) is 17.4. The molecular weight excluding hydrogens is 439 g/mol. The van der Waals surface area contributed by atoms with Crippen LogP contribution in [0, 0.1) is 0 Å². The minimum absolute atomic E-state index is 0.166. The van der Waals surface area contributed by atoms with Gasteiger partial charge in [0.15, 0.2) is 5.17 Å². The van der Waals surface area contributed by atoms with Gasteiger partial charge in [-0.05, 0) is 23.6 Å². The van der Waals surface area contributed by atoms with Crippen LogP contribution in [0.5, 0.6) is 0 Å². The van der Waals surface area contributed by atoms with Crippen LogP contribution in [-0.4, -0.2) is 43.7 Å². The summed E-state index contributed by atoms with van der Waals surface area (Å²) < 4.78 is 1.66. The number of thiazole rings is 1. The molecule has 0 spiro atoms. The third kappa shape index (κ3) is 3.18. The monoisotopic (exact) mass is 450 g/mol. The lowest BCUT2D eigenvalue weighted by Crippen LogP contribution is -2.24.